The molecular weight excluding hydrogens is 304 g/mol. The normalized spacial score (nSPS) is 11.1. The second-order valence-corrected chi connectivity index (χ2v) is 5.19. The fourth-order valence-electron chi connectivity index (χ4n) is 1.95. The molecule has 0 amide bonds. The van der Waals surface area contributed by atoms with E-state index in [1.807, 2.05) is 37.3 Å². The summed E-state index contributed by atoms with van der Waals surface area (Å²) in [7, 11) is 0. The zero-order valence-corrected chi connectivity index (χ0v) is 14.9. The molecular formula is C20H28O4. The fourth-order valence-corrected chi connectivity index (χ4v) is 1.95. The number of carbonyl (C=O) groups excluding carboxylic acids is 1. The monoisotopic (exact) mass is 332 g/mol. The first-order chi connectivity index (χ1) is 11.7. The minimum Gasteiger partial charge on any atom is -0.485 e. The Labute approximate surface area is 145 Å². The molecule has 4 nitrogen and oxygen atoms in total. The van der Waals surface area contributed by atoms with Crippen molar-refractivity contribution in [1.82, 2.24) is 0 Å². The Morgan fingerprint density at radius 3 is 2.17 bits per heavy atom. The highest BCUT2D eigenvalue weighted by molar-refractivity contribution is 5.73. The molecule has 0 radical (unpaired) electrons. The minimum absolute atomic E-state index is 0.269. The summed E-state index contributed by atoms with van der Waals surface area (Å²) in [5.74, 6) is 1.17. The average Bonchev–Trinajstić information content (AvgIpc) is 2.57. The van der Waals surface area contributed by atoms with Crippen molar-refractivity contribution in [1.29, 1.82) is 0 Å². The molecule has 1 aromatic rings. The van der Waals surface area contributed by atoms with Gasteiger partial charge < -0.3 is 14.2 Å². The van der Waals surface area contributed by atoms with E-state index in [4.69, 9.17) is 14.2 Å². The van der Waals surface area contributed by atoms with Crippen molar-refractivity contribution in [2.75, 3.05) is 13.2 Å². The van der Waals surface area contributed by atoms with Gasteiger partial charge in [-0.25, -0.2) is 0 Å². The van der Waals surface area contributed by atoms with Crippen LogP contribution in [0.3, 0.4) is 0 Å². The Kier molecular flexibility index (Phi) is 10.1. The highest BCUT2D eigenvalue weighted by atomic mass is 16.6. The lowest BCUT2D eigenvalue weighted by Crippen LogP contribution is -2.09. The number of para-hydroxylation sites is 1. The van der Waals surface area contributed by atoms with Crippen molar-refractivity contribution in [3.8, 4) is 17.2 Å². The van der Waals surface area contributed by atoms with Crippen LogP contribution in [0.15, 0.2) is 42.5 Å². The number of allylic oxidation sites excluding steroid dienone is 2. The topological polar surface area (TPSA) is 44.8 Å². The van der Waals surface area contributed by atoms with E-state index in [0.717, 1.165) is 19.3 Å². The highest BCUT2D eigenvalue weighted by Crippen LogP contribution is 2.37. The predicted molar refractivity (Wildman–Crippen MR) is 96.8 cm³/mol. The summed E-state index contributed by atoms with van der Waals surface area (Å²) in [6, 6.07) is 5.33. The highest BCUT2D eigenvalue weighted by Gasteiger charge is 2.15. The van der Waals surface area contributed by atoms with Gasteiger partial charge in [0.05, 0.1) is 0 Å². The first-order valence-electron chi connectivity index (χ1n) is 8.62. The van der Waals surface area contributed by atoms with Crippen LogP contribution in [0.4, 0.5) is 0 Å². The predicted octanol–water partition coefficient (Wildman–Crippen LogP) is 5.08. The van der Waals surface area contributed by atoms with Crippen LogP contribution in [0.25, 0.3) is 0 Å². The molecule has 0 saturated carbocycles. The van der Waals surface area contributed by atoms with Crippen LogP contribution in [-0.4, -0.2) is 19.2 Å². The maximum atomic E-state index is 11.8. The number of rotatable bonds is 11. The largest absolute Gasteiger partial charge is 0.485 e. The summed E-state index contributed by atoms with van der Waals surface area (Å²) in [5.41, 5.74) is 0. The van der Waals surface area contributed by atoms with Gasteiger partial charge in [0.15, 0.2) is 11.5 Å². The number of hydrogen-bond acceptors (Lipinski definition) is 4. The van der Waals surface area contributed by atoms with E-state index in [9.17, 15) is 4.79 Å². The molecule has 0 aromatic heterocycles. The first-order valence-corrected chi connectivity index (χ1v) is 8.62. The van der Waals surface area contributed by atoms with Gasteiger partial charge in [-0.05, 0) is 31.4 Å². The van der Waals surface area contributed by atoms with Gasteiger partial charge in [-0.2, -0.15) is 0 Å². The lowest BCUT2D eigenvalue weighted by atomic mass is 10.3. The summed E-state index contributed by atoms with van der Waals surface area (Å²) in [6.07, 6.45) is 11.0. The van der Waals surface area contributed by atoms with Gasteiger partial charge in [-0.1, -0.05) is 51.1 Å². The molecule has 0 heterocycles. The van der Waals surface area contributed by atoms with Gasteiger partial charge in [-0.3, -0.25) is 4.79 Å². The first kappa shape index (κ1) is 19.8. The Hall–Kier alpha value is -2.23. The van der Waals surface area contributed by atoms with Gasteiger partial charge in [0.25, 0.3) is 0 Å². The quantitative estimate of drug-likeness (QED) is 0.322. The van der Waals surface area contributed by atoms with Crippen LogP contribution >= 0.6 is 0 Å². The third-order valence-electron chi connectivity index (χ3n) is 3.08. The lowest BCUT2D eigenvalue weighted by Gasteiger charge is -2.15. The number of benzene rings is 1. The van der Waals surface area contributed by atoms with Crippen LogP contribution in [0.5, 0.6) is 17.2 Å². The van der Waals surface area contributed by atoms with Gasteiger partial charge in [0.1, 0.15) is 13.2 Å². The van der Waals surface area contributed by atoms with Gasteiger partial charge in [-0.15, -0.1) is 0 Å². The molecule has 1 aromatic carbocycles. The summed E-state index contributed by atoms with van der Waals surface area (Å²) >= 11 is 0. The maximum absolute atomic E-state index is 11.8. The second kappa shape index (κ2) is 12.2. The van der Waals surface area contributed by atoms with Crippen LogP contribution in [-0.2, 0) is 4.79 Å². The Balaban J connectivity index is 2.91. The second-order valence-electron chi connectivity index (χ2n) is 5.19. The molecule has 0 saturated heterocycles. The zero-order valence-electron chi connectivity index (χ0n) is 14.9. The number of ether oxygens (including phenoxy) is 3. The molecule has 0 fully saturated rings. The molecule has 0 spiro atoms. The standard InChI is InChI=1S/C20H28O4/c1-4-7-9-15-22-17-13-11-14-18(24-19(21)12-6-3)20(17)23-16-10-8-5-2/h7-11,13-14H,4-6,12,15-16H2,1-3H3. The SMILES string of the molecule is CCC=CCOc1cccc(OC(=O)CCC)c1OCC=CCC. The molecule has 132 valence electrons. The Bertz CT molecular complexity index is 547. The van der Waals surface area contributed by atoms with Crippen molar-refractivity contribution in [3.63, 3.8) is 0 Å². The van der Waals surface area contributed by atoms with E-state index in [-0.39, 0.29) is 5.97 Å². The zero-order chi connectivity index (χ0) is 17.6. The molecule has 0 atom stereocenters. The van der Waals surface area contributed by atoms with Gasteiger partial charge >= 0.3 is 5.97 Å². The van der Waals surface area contributed by atoms with Crippen LogP contribution < -0.4 is 14.2 Å². The van der Waals surface area contributed by atoms with Crippen LogP contribution in [0.2, 0.25) is 0 Å². The molecule has 4 heteroatoms. The summed E-state index contributed by atoms with van der Waals surface area (Å²) in [5, 5.41) is 0. The summed E-state index contributed by atoms with van der Waals surface area (Å²) in [4.78, 5) is 11.8. The smallest absolute Gasteiger partial charge is 0.311 e. The summed E-state index contributed by atoms with van der Waals surface area (Å²) < 4.78 is 17.0. The number of hydrogen-bond donors (Lipinski definition) is 0. The van der Waals surface area contributed by atoms with E-state index in [1.165, 1.54) is 0 Å². The summed E-state index contributed by atoms with van der Waals surface area (Å²) in [6.45, 7) is 6.91. The van der Waals surface area contributed by atoms with Crippen molar-refractivity contribution in [3.05, 3.63) is 42.5 Å². The van der Waals surface area contributed by atoms with E-state index in [0.29, 0.717) is 36.9 Å². The van der Waals surface area contributed by atoms with E-state index < -0.39 is 0 Å². The van der Waals surface area contributed by atoms with Gasteiger partial charge in [0, 0.05) is 6.42 Å². The van der Waals surface area contributed by atoms with E-state index in [1.54, 1.807) is 12.1 Å². The lowest BCUT2D eigenvalue weighted by molar-refractivity contribution is -0.134. The Morgan fingerprint density at radius 2 is 1.54 bits per heavy atom. The van der Waals surface area contributed by atoms with Crippen molar-refractivity contribution in [2.24, 2.45) is 0 Å². The molecule has 1 rings (SSSR count). The number of carbonyl (C=O) groups is 1. The number of esters is 1. The minimum atomic E-state index is -0.269. The van der Waals surface area contributed by atoms with Crippen LogP contribution in [0, 0.1) is 0 Å². The van der Waals surface area contributed by atoms with Crippen molar-refractivity contribution < 1.29 is 19.0 Å². The molecule has 0 bridgehead atoms. The molecule has 0 aliphatic carbocycles. The molecule has 0 aliphatic heterocycles. The molecule has 0 N–H and O–H groups in total. The fraction of sp³-hybridized carbons (Fsp3) is 0.450. The molecule has 24 heavy (non-hydrogen) atoms. The van der Waals surface area contributed by atoms with E-state index >= 15 is 0 Å². The van der Waals surface area contributed by atoms with Crippen LogP contribution in [0.1, 0.15) is 46.5 Å². The third kappa shape index (κ3) is 7.36. The van der Waals surface area contributed by atoms with Gasteiger partial charge in [0.2, 0.25) is 5.75 Å². The molecule has 0 unspecified atom stereocenters. The van der Waals surface area contributed by atoms with Crippen molar-refractivity contribution in [2.45, 2.75) is 46.5 Å². The van der Waals surface area contributed by atoms with Crippen molar-refractivity contribution >= 4 is 5.97 Å². The average molecular weight is 332 g/mol. The van der Waals surface area contributed by atoms with E-state index in [2.05, 4.69) is 13.8 Å². The third-order valence-corrected chi connectivity index (χ3v) is 3.08. The Morgan fingerprint density at radius 1 is 0.917 bits per heavy atom. The maximum Gasteiger partial charge on any atom is 0.311 e. The molecule has 0 aliphatic rings.